The molecule has 0 unspecified atom stereocenters. The van der Waals surface area contributed by atoms with Gasteiger partial charge in [-0.2, -0.15) is 18.3 Å². The maximum absolute atomic E-state index is 14.1. The first-order valence-corrected chi connectivity index (χ1v) is 14.8. The summed E-state index contributed by atoms with van der Waals surface area (Å²) in [4.78, 5) is 38.4. The molecule has 4 aromatic rings. The number of carbonyl (C=O) groups is 1. The molecule has 2 aliphatic rings. The lowest BCUT2D eigenvalue weighted by molar-refractivity contribution is -0.138. The second-order valence-corrected chi connectivity index (χ2v) is 12.2. The zero-order valence-electron chi connectivity index (χ0n) is 24.1. The van der Waals surface area contributed by atoms with Crippen LogP contribution in [0.1, 0.15) is 58.3 Å². The van der Waals surface area contributed by atoms with Crippen molar-refractivity contribution in [3.05, 3.63) is 91.2 Å². The fourth-order valence-electron chi connectivity index (χ4n) is 5.61. The topological polar surface area (TPSA) is 121 Å². The first-order chi connectivity index (χ1) is 20.8. The summed E-state index contributed by atoms with van der Waals surface area (Å²) in [6.45, 7) is 5.34. The lowest BCUT2D eigenvalue weighted by atomic mass is 9.90. The van der Waals surface area contributed by atoms with Crippen LogP contribution in [0.5, 0.6) is 5.88 Å². The number of nitrogens with zero attached hydrogens (tertiary/aromatic N) is 6. The highest BCUT2D eigenvalue weighted by molar-refractivity contribution is 9.10. The highest BCUT2D eigenvalue weighted by Gasteiger charge is 2.36. The minimum absolute atomic E-state index is 0.00588. The van der Waals surface area contributed by atoms with Gasteiger partial charge in [0.2, 0.25) is 11.8 Å². The number of hydrogen-bond donors (Lipinski definition) is 1. The van der Waals surface area contributed by atoms with Crippen molar-refractivity contribution in [2.75, 3.05) is 0 Å². The van der Waals surface area contributed by atoms with Crippen LogP contribution in [0.3, 0.4) is 0 Å². The molecule has 1 aliphatic heterocycles. The second kappa shape index (κ2) is 11.1. The average Bonchev–Trinajstić information content (AvgIpc) is 3.29. The molecule has 1 atom stereocenters. The van der Waals surface area contributed by atoms with Crippen LogP contribution in [0.4, 0.5) is 13.2 Å². The van der Waals surface area contributed by atoms with Gasteiger partial charge in [-0.05, 0) is 70.4 Å². The molecule has 1 saturated carbocycles. The van der Waals surface area contributed by atoms with E-state index in [4.69, 9.17) is 15.5 Å². The molecule has 230 valence electrons. The Morgan fingerprint density at radius 2 is 1.89 bits per heavy atom. The number of alkyl halides is 3. The van der Waals surface area contributed by atoms with Crippen LogP contribution in [-0.2, 0) is 19.1 Å². The smallest absolute Gasteiger partial charge is 0.417 e. The Kier molecular flexibility index (Phi) is 7.60. The molecule has 3 aromatic heterocycles. The van der Waals surface area contributed by atoms with Gasteiger partial charge in [-0.1, -0.05) is 15.9 Å². The molecule has 4 heterocycles. The van der Waals surface area contributed by atoms with E-state index in [9.17, 15) is 22.8 Å². The van der Waals surface area contributed by atoms with Gasteiger partial charge in [0.1, 0.15) is 6.10 Å². The number of aryl methyl sites for hydroxylation is 2. The third-order valence-electron chi connectivity index (χ3n) is 7.97. The molecule has 1 amide bonds. The highest BCUT2D eigenvalue weighted by atomic mass is 79.9. The van der Waals surface area contributed by atoms with Crippen LogP contribution in [0.2, 0.25) is 0 Å². The quantitative estimate of drug-likeness (QED) is 0.327. The molecule has 1 fully saturated rings. The minimum atomic E-state index is -4.64. The molecule has 1 aliphatic carbocycles. The normalized spacial score (nSPS) is 19.8. The Balaban J connectivity index is 1.39. The van der Waals surface area contributed by atoms with E-state index in [1.807, 2.05) is 19.9 Å². The molecule has 6 rings (SSSR count). The third-order valence-corrected chi connectivity index (χ3v) is 8.66. The molecular formula is C30H29BrF3N7O3. The molecule has 44 heavy (non-hydrogen) atoms. The summed E-state index contributed by atoms with van der Waals surface area (Å²) in [5.74, 6) is 0.0263. The monoisotopic (exact) mass is 671 g/mol. The van der Waals surface area contributed by atoms with Crippen molar-refractivity contribution in [2.24, 2.45) is 5.73 Å². The third kappa shape index (κ3) is 5.52. The summed E-state index contributed by atoms with van der Waals surface area (Å²) in [5.41, 5.74) is 7.10. The Morgan fingerprint density at radius 1 is 1.14 bits per heavy atom. The van der Waals surface area contributed by atoms with Gasteiger partial charge in [-0.15, -0.1) is 0 Å². The highest BCUT2D eigenvalue weighted by Crippen LogP contribution is 2.36. The molecule has 14 heteroatoms. The molecule has 0 saturated heterocycles. The fraction of sp³-hybridized carbons (Fsp3) is 0.367. The molecule has 2 N–H and O–H groups in total. The van der Waals surface area contributed by atoms with E-state index in [1.54, 1.807) is 23.7 Å². The number of fused-ring (bicyclic) bond motifs is 1. The molecule has 0 radical (unpaired) electrons. The van der Waals surface area contributed by atoms with Crippen LogP contribution >= 0.6 is 15.9 Å². The molecule has 1 aromatic carbocycles. The van der Waals surface area contributed by atoms with Gasteiger partial charge >= 0.3 is 6.18 Å². The van der Waals surface area contributed by atoms with E-state index in [1.165, 1.54) is 27.8 Å². The van der Waals surface area contributed by atoms with Crippen LogP contribution in [0.25, 0.3) is 11.6 Å². The summed E-state index contributed by atoms with van der Waals surface area (Å²) < 4.78 is 49.4. The number of amides is 1. The lowest BCUT2D eigenvalue weighted by Crippen LogP contribution is -2.46. The number of halogens is 4. The minimum Gasteiger partial charge on any atom is -0.474 e. The van der Waals surface area contributed by atoms with E-state index in [0.717, 1.165) is 24.6 Å². The second-order valence-electron chi connectivity index (χ2n) is 11.3. The molecular weight excluding hydrogens is 643 g/mol. The van der Waals surface area contributed by atoms with Gasteiger partial charge < -0.3 is 15.4 Å². The van der Waals surface area contributed by atoms with Gasteiger partial charge in [0.05, 0.1) is 35.4 Å². The van der Waals surface area contributed by atoms with Crippen LogP contribution in [0, 0.1) is 13.8 Å². The van der Waals surface area contributed by atoms with E-state index < -0.39 is 23.7 Å². The van der Waals surface area contributed by atoms with Crippen LogP contribution in [-0.4, -0.2) is 53.3 Å². The maximum Gasteiger partial charge on any atom is 0.417 e. The Morgan fingerprint density at radius 3 is 2.50 bits per heavy atom. The number of rotatable bonds is 5. The Labute approximate surface area is 258 Å². The van der Waals surface area contributed by atoms with Gasteiger partial charge in [-0.3, -0.25) is 9.59 Å². The summed E-state index contributed by atoms with van der Waals surface area (Å²) in [5, 5.41) is 4.54. The summed E-state index contributed by atoms with van der Waals surface area (Å²) in [6.07, 6.45) is -1.44. The van der Waals surface area contributed by atoms with Gasteiger partial charge in [-0.25, -0.2) is 19.2 Å². The maximum atomic E-state index is 14.1. The molecule has 10 nitrogen and oxygen atoms in total. The van der Waals surface area contributed by atoms with Crippen molar-refractivity contribution in [1.82, 2.24) is 29.2 Å². The first-order valence-electron chi connectivity index (χ1n) is 14.0. The summed E-state index contributed by atoms with van der Waals surface area (Å²) in [6, 6.07) is 8.28. The van der Waals surface area contributed by atoms with Crippen molar-refractivity contribution >= 4 is 21.8 Å². The Bertz CT molecular complexity index is 1810. The zero-order chi connectivity index (χ0) is 31.5. The van der Waals surface area contributed by atoms with E-state index in [0.29, 0.717) is 28.5 Å². The fourth-order valence-corrected chi connectivity index (χ4v) is 6.08. The van der Waals surface area contributed by atoms with Gasteiger partial charge in [0, 0.05) is 39.4 Å². The van der Waals surface area contributed by atoms with E-state index in [2.05, 4.69) is 26.0 Å². The van der Waals surface area contributed by atoms with Crippen molar-refractivity contribution in [1.29, 1.82) is 0 Å². The van der Waals surface area contributed by atoms with Crippen LogP contribution in [0.15, 0.2) is 51.9 Å². The zero-order valence-corrected chi connectivity index (χ0v) is 25.7. The number of nitrogens with two attached hydrogens (primary N) is 1. The summed E-state index contributed by atoms with van der Waals surface area (Å²) in [7, 11) is 0. The largest absolute Gasteiger partial charge is 0.474 e. The van der Waals surface area contributed by atoms with E-state index >= 15 is 0 Å². The number of benzene rings is 1. The number of aromatic nitrogens is 5. The van der Waals surface area contributed by atoms with Gasteiger partial charge in [0.15, 0.2) is 0 Å². The SMILES string of the molecule is Cc1cc(C)n(-c2nc3c(c(=O)n2-c2ccc(OC4CC(N)C4)nc2)C[C@@H](C)N(C(=O)c2ccc(Br)c(C(F)(F)F)c2)C3)n1. The predicted octanol–water partition coefficient (Wildman–Crippen LogP) is 4.67. The average molecular weight is 673 g/mol. The van der Waals surface area contributed by atoms with Crippen molar-refractivity contribution in [2.45, 2.75) is 70.9 Å². The Hall–Kier alpha value is -4.04. The standard InChI is InChI=1S/C30H29BrF3N7O3/c1-15-8-17(3)41(38-15)29-37-25-14-39(27(42)18-4-6-24(31)23(10-18)30(32,33)34)16(2)9-22(25)28(43)40(29)20-5-7-26(36-13-20)44-21-11-19(35)12-21/h4-8,10,13,16,19,21H,9,11-12,14,35H2,1-3H3/t16-,19?,21?/m1/s1. The number of pyridine rings is 1. The first kappa shape index (κ1) is 30.0. The van der Waals surface area contributed by atoms with Crippen molar-refractivity contribution in [3.63, 3.8) is 0 Å². The van der Waals surface area contributed by atoms with Gasteiger partial charge in [0.25, 0.3) is 11.5 Å². The number of ether oxygens (including phenoxy) is 1. The van der Waals surface area contributed by atoms with Crippen molar-refractivity contribution in [3.8, 4) is 17.5 Å². The van der Waals surface area contributed by atoms with Crippen molar-refractivity contribution < 1.29 is 22.7 Å². The molecule has 0 bridgehead atoms. The van der Waals surface area contributed by atoms with Crippen LogP contribution < -0.4 is 16.0 Å². The lowest BCUT2D eigenvalue weighted by Gasteiger charge is -2.34. The molecule has 0 spiro atoms. The number of hydrogen-bond acceptors (Lipinski definition) is 7. The number of carbonyl (C=O) groups excluding carboxylic acids is 1. The predicted molar refractivity (Wildman–Crippen MR) is 158 cm³/mol. The summed E-state index contributed by atoms with van der Waals surface area (Å²) >= 11 is 2.92. The van der Waals surface area contributed by atoms with E-state index in [-0.39, 0.29) is 46.7 Å².